The van der Waals surface area contributed by atoms with E-state index in [4.69, 9.17) is 4.42 Å². The van der Waals surface area contributed by atoms with Gasteiger partial charge in [0, 0.05) is 43.6 Å². The molecular formula is C20H23N3O3. The van der Waals surface area contributed by atoms with Gasteiger partial charge in [-0.05, 0) is 37.0 Å². The summed E-state index contributed by atoms with van der Waals surface area (Å²) < 4.78 is 5.91. The third kappa shape index (κ3) is 3.18. The lowest BCUT2D eigenvalue weighted by atomic mass is 9.80. The van der Waals surface area contributed by atoms with Gasteiger partial charge in [0.1, 0.15) is 5.76 Å². The zero-order valence-electron chi connectivity index (χ0n) is 14.8. The molecule has 4 heterocycles. The lowest BCUT2D eigenvalue weighted by Gasteiger charge is -2.28. The lowest BCUT2D eigenvalue weighted by molar-refractivity contribution is -0.114. The maximum atomic E-state index is 11.6. The summed E-state index contributed by atoms with van der Waals surface area (Å²) >= 11 is 0. The molecule has 1 aromatic carbocycles. The van der Waals surface area contributed by atoms with E-state index in [0.717, 1.165) is 49.9 Å². The highest BCUT2D eigenvalue weighted by molar-refractivity contribution is 5.94. The summed E-state index contributed by atoms with van der Waals surface area (Å²) in [5.41, 5.74) is 6.06. The van der Waals surface area contributed by atoms with E-state index in [2.05, 4.69) is 15.8 Å². The number of fused-ring (bicyclic) bond motifs is 4. The predicted molar refractivity (Wildman–Crippen MR) is 98.9 cm³/mol. The van der Waals surface area contributed by atoms with Crippen molar-refractivity contribution in [2.75, 3.05) is 25.0 Å². The monoisotopic (exact) mass is 353 g/mol. The summed E-state index contributed by atoms with van der Waals surface area (Å²) in [6, 6.07) is 9.43. The number of hydrogen-bond donors (Lipinski definition) is 2. The number of carbonyl (C=O) groups is 2. The van der Waals surface area contributed by atoms with Crippen LogP contribution in [0.4, 0.5) is 5.69 Å². The quantitative estimate of drug-likeness (QED) is 0.827. The zero-order chi connectivity index (χ0) is 18.1. The van der Waals surface area contributed by atoms with Crippen molar-refractivity contribution in [1.82, 2.24) is 10.4 Å². The number of anilines is 1. The minimum absolute atomic E-state index is 0.135. The van der Waals surface area contributed by atoms with Gasteiger partial charge in [-0.2, -0.15) is 0 Å². The Morgan fingerprint density at radius 1 is 1.31 bits per heavy atom. The van der Waals surface area contributed by atoms with Gasteiger partial charge in [-0.25, -0.2) is 5.01 Å². The second kappa shape index (κ2) is 7.05. The Balaban J connectivity index is 1.79. The zero-order valence-corrected chi connectivity index (χ0v) is 14.8. The molecule has 2 bridgehead atoms. The van der Waals surface area contributed by atoms with Crippen LogP contribution in [0.1, 0.15) is 41.8 Å². The molecule has 0 spiro atoms. The Hall–Kier alpha value is -2.44. The van der Waals surface area contributed by atoms with Crippen LogP contribution in [0.3, 0.4) is 0 Å². The first-order valence-electron chi connectivity index (χ1n) is 9.10. The van der Waals surface area contributed by atoms with E-state index in [1.807, 2.05) is 30.3 Å². The fourth-order valence-corrected chi connectivity index (χ4v) is 4.17. The van der Waals surface area contributed by atoms with Crippen molar-refractivity contribution in [2.24, 2.45) is 5.92 Å². The number of hydrogen-bond acceptors (Lipinski definition) is 5. The average molecular weight is 353 g/mol. The molecule has 1 aromatic heterocycles. The number of carbonyl (C=O) groups excluding carboxylic acids is 2. The molecule has 0 radical (unpaired) electrons. The number of hydrazine groups is 1. The lowest BCUT2D eigenvalue weighted by Crippen LogP contribution is -2.39. The Morgan fingerprint density at radius 2 is 2.08 bits per heavy atom. The standard InChI is InChI=1S/C20H23N3O3/c1-13(25)22-19-5-3-2-4-16(19)20-17(10-15(12-24)26-20)18-11-21-23-8-6-14(18)7-9-23/h2-5,10,12,14,18,21H,6-9,11H2,1H3,(H,22,25). The number of aldehydes is 1. The van der Waals surface area contributed by atoms with Crippen molar-refractivity contribution < 1.29 is 14.0 Å². The first-order chi connectivity index (χ1) is 12.7. The number of furan rings is 1. The third-order valence-corrected chi connectivity index (χ3v) is 5.42. The van der Waals surface area contributed by atoms with Crippen LogP contribution in [0.5, 0.6) is 0 Å². The van der Waals surface area contributed by atoms with E-state index < -0.39 is 0 Å². The van der Waals surface area contributed by atoms with Crippen LogP contribution in [0.25, 0.3) is 11.3 Å². The van der Waals surface area contributed by atoms with Gasteiger partial charge in [0.15, 0.2) is 12.0 Å². The molecule has 2 N–H and O–H groups in total. The summed E-state index contributed by atoms with van der Waals surface area (Å²) in [5.74, 6) is 1.71. The number of benzene rings is 1. The number of nitrogens with one attached hydrogen (secondary N) is 2. The van der Waals surface area contributed by atoms with Crippen LogP contribution >= 0.6 is 0 Å². The van der Waals surface area contributed by atoms with E-state index in [1.165, 1.54) is 6.92 Å². The van der Waals surface area contributed by atoms with E-state index in [-0.39, 0.29) is 11.8 Å². The van der Waals surface area contributed by atoms with Crippen LogP contribution in [0, 0.1) is 5.92 Å². The molecular weight excluding hydrogens is 330 g/mol. The molecule has 2 aromatic rings. The Morgan fingerprint density at radius 3 is 2.81 bits per heavy atom. The molecule has 136 valence electrons. The first kappa shape index (κ1) is 17.0. The smallest absolute Gasteiger partial charge is 0.221 e. The van der Waals surface area contributed by atoms with E-state index in [9.17, 15) is 9.59 Å². The van der Waals surface area contributed by atoms with Gasteiger partial charge >= 0.3 is 0 Å². The fraction of sp³-hybridized carbons (Fsp3) is 0.400. The summed E-state index contributed by atoms with van der Waals surface area (Å²) in [4.78, 5) is 23.0. The van der Waals surface area contributed by atoms with Crippen molar-refractivity contribution in [2.45, 2.75) is 25.7 Å². The van der Waals surface area contributed by atoms with Crippen molar-refractivity contribution in [3.05, 3.63) is 41.7 Å². The van der Waals surface area contributed by atoms with Gasteiger partial charge in [-0.1, -0.05) is 12.1 Å². The first-order valence-corrected chi connectivity index (χ1v) is 9.10. The summed E-state index contributed by atoms with van der Waals surface area (Å²) in [7, 11) is 0. The number of rotatable bonds is 4. The second-order valence-electron chi connectivity index (χ2n) is 7.07. The van der Waals surface area contributed by atoms with Gasteiger partial charge in [-0.15, -0.1) is 0 Å². The molecule has 3 saturated heterocycles. The van der Waals surface area contributed by atoms with Gasteiger partial charge in [0.05, 0.1) is 5.69 Å². The second-order valence-corrected chi connectivity index (χ2v) is 7.07. The van der Waals surface area contributed by atoms with Crippen molar-refractivity contribution in [3.63, 3.8) is 0 Å². The van der Waals surface area contributed by atoms with Crippen LogP contribution in [0.15, 0.2) is 34.7 Å². The molecule has 3 aliphatic heterocycles. The van der Waals surface area contributed by atoms with Gasteiger partial charge in [0.25, 0.3) is 0 Å². The minimum Gasteiger partial charge on any atom is -0.453 e. The maximum Gasteiger partial charge on any atom is 0.221 e. The molecule has 26 heavy (non-hydrogen) atoms. The number of piperidine rings is 1. The van der Waals surface area contributed by atoms with Gasteiger partial charge in [-0.3, -0.25) is 15.0 Å². The molecule has 3 aliphatic rings. The molecule has 5 rings (SSSR count). The summed E-state index contributed by atoms with van der Waals surface area (Å²) in [6.07, 6.45) is 3.01. The Bertz CT molecular complexity index is 821. The molecule has 1 unspecified atom stereocenters. The van der Waals surface area contributed by atoms with Crippen LogP contribution in [0.2, 0.25) is 0 Å². The SMILES string of the molecule is CC(=O)Nc1ccccc1-c1oc(C=O)cc1C1CNN2CCC1CC2. The topological polar surface area (TPSA) is 74.6 Å². The van der Waals surface area contributed by atoms with Crippen molar-refractivity contribution >= 4 is 17.9 Å². The molecule has 3 fully saturated rings. The summed E-state index contributed by atoms with van der Waals surface area (Å²) in [6.45, 7) is 4.42. The van der Waals surface area contributed by atoms with Crippen LogP contribution < -0.4 is 10.7 Å². The molecule has 1 amide bonds. The molecule has 6 heteroatoms. The Labute approximate surface area is 152 Å². The van der Waals surface area contributed by atoms with Crippen LogP contribution in [-0.2, 0) is 4.79 Å². The third-order valence-electron chi connectivity index (χ3n) is 5.42. The number of nitrogens with zero attached hydrogens (tertiary/aromatic N) is 1. The largest absolute Gasteiger partial charge is 0.453 e. The van der Waals surface area contributed by atoms with E-state index in [0.29, 0.717) is 23.1 Å². The number of para-hydroxylation sites is 1. The van der Waals surface area contributed by atoms with E-state index >= 15 is 0 Å². The van der Waals surface area contributed by atoms with Crippen LogP contribution in [-0.4, -0.2) is 36.8 Å². The highest BCUT2D eigenvalue weighted by Crippen LogP contribution is 2.42. The highest BCUT2D eigenvalue weighted by atomic mass is 16.3. The maximum absolute atomic E-state index is 11.6. The van der Waals surface area contributed by atoms with Crippen molar-refractivity contribution in [3.8, 4) is 11.3 Å². The highest BCUT2D eigenvalue weighted by Gasteiger charge is 2.35. The average Bonchev–Trinajstić information content (AvgIpc) is 2.84. The Kier molecular flexibility index (Phi) is 4.61. The fourth-order valence-electron chi connectivity index (χ4n) is 4.17. The van der Waals surface area contributed by atoms with Crippen molar-refractivity contribution in [1.29, 1.82) is 0 Å². The van der Waals surface area contributed by atoms with Gasteiger partial charge in [0.2, 0.25) is 5.91 Å². The molecule has 6 nitrogen and oxygen atoms in total. The van der Waals surface area contributed by atoms with E-state index in [1.54, 1.807) is 0 Å². The number of amides is 1. The van der Waals surface area contributed by atoms with Gasteiger partial charge < -0.3 is 9.73 Å². The molecule has 0 saturated carbocycles. The molecule has 0 aliphatic carbocycles. The molecule has 1 atom stereocenters. The minimum atomic E-state index is -0.135. The summed E-state index contributed by atoms with van der Waals surface area (Å²) in [5, 5.41) is 5.14. The normalized spacial score (nSPS) is 24.9. The predicted octanol–water partition coefficient (Wildman–Crippen LogP) is 3.03.